The number of fused-ring (bicyclic) bond motifs is 1. The van der Waals surface area contributed by atoms with E-state index in [-0.39, 0.29) is 47.4 Å². The summed E-state index contributed by atoms with van der Waals surface area (Å²) < 4.78 is 13.2. The number of H-pyrrole nitrogens is 2. The van der Waals surface area contributed by atoms with Crippen LogP contribution < -0.4 is 5.56 Å². The maximum absolute atomic E-state index is 11.9. The summed E-state index contributed by atoms with van der Waals surface area (Å²) >= 11 is 5.79. The zero-order chi connectivity index (χ0) is 35.9. The van der Waals surface area contributed by atoms with E-state index in [0.717, 1.165) is 17.1 Å². The largest absolute Gasteiger partial charge is 0.461 e. The molecular weight excluding hydrogens is 635 g/mol. The molecule has 0 unspecified atom stereocenters. The third-order valence-corrected chi connectivity index (χ3v) is 6.96. The molecule has 0 saturated carbocycles. The highest BCUT2D eigenvalue weighted by Crippen LogP contribution is 2.27. The van der Waals surface area contributed by atoms with Gasteiger partial charge in [0.25, 0.3) is 5.56 Å². The van der Waals surface area contributed by atoms with Crippen molar-refractivity contribution in [2.75, 3.05) is 13.2 Å². The van der Waals surface area contributed by atoms with Gasteiger partial charge in [-0.2, -0.15) is 15.3 Å². The van der Waals surface area contributed by atoms with Gasteiger partial charge in [0.2, 0.25) is 5.28 Å². The Bertz CT molecular complexity index is 1720. The smallest absolute Gasteiger partial charge is 0.358 e. The van der Waals surface area contributed by atoms with Gasteiger partial charge < -0.3 is 9.47 Å². The SMILES string of the molecule is CCOC(=O)c1cc(C(C)(C)C)[nH]n1.CCOC(=O)c1cc(C(C)(C)C)nn1CC.CCn1nc(C(C)(C)C)c2nc(Cl)[nH]c(=O)c21.[B]. The first-order chi connectivity index (χ1) is 21.7. The molecule has 0 amide bonds. The molecule has 0 atom stereocenters. The highest BCUT2D eigenvalue weighted by atomic mass is 35.5. The summed E-state index contributed by atoms with van der Waals surface area (Å²) in [4.78, 5) is 41.5. The topological polar surface area (TPSA) is 163 Å². The number of hydrogen-bond acceptors (Lipinski definition) is 9. The van der Waals surface area contributed by atoms with Gasteiger partial charge in [0.05, 0.1) is 24.6 Å². The third-order valence-electron chi connectivity index (χ3n) is 6.78. The van der Waals surface area contributed by atoms with Gasteiger partial charge in [-0.15, -0.1) is 0 Å². The highest BCUT2D eigenvalue weighted by Gasteiger charge is 2.25. The first-order valence-corrected chi connectivity index (χ1v) is 16.2. The van der Waals surface area contributed by atoms with Crippen LogP contribution in [0, 0.1) is 0 Å². The summed E-state index contributed by atoms with van der Waals surface area (Å²) in [6.45, 7) is 28.0. The second-order valence-corrected chi connectivity index (χ2v) is 14.2. The Hall–Kier alpha value is -3.94. The summed E-state index contributed by atoms with van der Waals surface area (Å²) in [6.07, 6.45) is 0. The van der Waals surface area contributed by atoms with Gasteiger partial charge in [-0.25, -0.2) is 14.6 Å². The van der Waals surface area contributed by atoms with Gasteiger partial charge in [0, 0.05) is 43.4 Å². The van der Waals surface area contributed by atoms with Crippen LogP contribution in [0.1, 0.15) is 128 Å². The number of halogens is 1. The van der Waals surface area contributed by atoms with Crippen LogP contribution in [0.15, 0.2) is 16.9 Å². The van der Waals surface area contributed by atoms with Crippen LogP contribution >= 0.6 is 11.6 Å². The quantitative estimate of drug-likeness (QED) is 0.141. The minimum Gasteiger partial charge on any atom is -0.461 e. The average molecular weight is 686 g/mol. The Morgan fingerprint density at radius 3 is 1.83 bits per heavy atom. The molecule has 0 spiro atoms. The Labute approximate surface area is 290 Å². The molecule has 0 aromatic carbocycles. The van der Waals surface area contributed by atoms with Gasteiger partial charge in [-0.1, -0.05) is 62.3 Å². The number of esters is 2. The molecule has 4 aromatic rings. The van der Waals surface area contributed by atoms with E-state index < -0.39 is 0 Å². The van der Waals surface area contributed by atoms with E-state index in [0.29, 0.717) is 48.7 Å². The fraction of sp³-hybridized carbons (Fsp3) is 0.606. The molecule has 15 heteroatoms. The Morgan fingerprint density at radius 2 is 1.38 bits per heavy atom. The molecule has 263 valence electrons. The molecule has 3 radical (unpaired) electrons. The van der Waals surface area contributed by atoms with Crippen LogP contribution in [0.3, 0.4) is 0 Å². The molecule has 13 nitrogen and oxygen atoms in total. The molecule has 0 aliphatic heterocycles. The first-order valence-electron chi connectivity index (χ1n) is 15.8. The lowest BCUT2D eigenvalue weighted by Crippen LogP contribution is -2.13. The van der Waals surface area contributed by atoms with Crippen molar-refractivity contribution in [3.8, 4) is 0 Å². The van der Waals surface area contributed by atoms with E-state index in [4.69, 9.17) is 21.1 Å². The standard InChI is InChI=1S/C12H20N2O2.C11H15ClN4O.C10H16N2O2.B/c1-6-14-9(11(15)16-7-2)8-10(13-14)12(3,4)5;1-5-16-7-6(8(15-16)11(2,3)4)13-10(12)14-9(7)17;1-5-14-9(13)7-6-8(12-11-7)10(2,3)4;/h8H,6-7H2,1-5H3;5H2,1-4H3,(H,13,14,17);6H,5H2,1-4H3,(H,11,12);. The average Bonchev–Trinajstić information content (AvgIpc) is 3.70. The predicted octanol–water partition coefficient (Wildman–Crippen LogP) is 5.97. The molecule has 0 bridgehead atoms. The monoisotopic (exact) mass is 685 g/mol. The van der Waals surface area contributed by atoms with Crippen LogP contribution in [-0.2, 0) is 38.8 Å². The lowest BCUT2D eigenvalue weighted by molar-refractivity contribution is 0.0505. The van der Waals surface area contributed by atoms with Crippen molar-refractivity contribution < 1.29 is 19.1 Å². The number of nitrogens with zero attached hydrogens (tertiary/aromatic N) is 6. The van der Waals surface area contributed by atoms with Crippen molar-refractivity contribution in [1.82, 2.24) is 39.7 Å². The number of aromatic nitrogens is 8. The summed E-state index contributed by atoms with van der Waals surface area (Å²) in [5.41, 5.74) is 4.09. The van der Waals surface area contributed by atoms with Crippen molar-refractivity contribution in [2.24, 2.45) is 0 Å². The number of aromatic amines is 2. The second-order valence-electron chi connectivity index (χ2n) is 13.8. The van der Waals surface area contributed by atoms with Crippen LogP contribution in [0.2, 0.25) is 5.28 Å². The number of hydrogen-bond donors (Lipinski definition) is 2. The first kappa shape index (κ1) is 42.1. The van der Waals surface area contributed by atoms with E-state index in [1.165, 1.54) is 0 Å². The van der Waals surface area contributed by atoms with Gasteiger partial charge in [0.15, 0.2) is 11.2 Å². The van der Waals surface area contributed by atoms with E-state index >= 15 is 0 Å². The predicted molar refractivity (Wildman–Crippen MR) is 189 cm³/mol. The van der Waals surface area contributed by atoms with Crippen molar-refractivity contribution >= 4 is 43.0 Å². The van der Waals surface area contributed by atoms with Crippen LogP contribution in [0.4, 0.5) is 0 Å². The summed E-state index contributed by atoms with van der Waals surface area (Å²) in [6, 6.07) is 3.56. The minimum atomic E-state index is -0.376. The van der Waals surface area contributed by atoms with E-state index in [2.05, 4.69) is 71.9 Å². The minimum absolute atomic E-state index is 0. The van der Waals surface area contributed by atoms with Crippen molar-refractivity contribution in [1.29, 1.82) is 0 Å². The Balaban J connectivity index is 0.000000358. The molecule has 4 heterocycles. The second kappa shape index (κ2) is 16.9. The maximum atomic E-state index is 11.9. The zero-order valence-electron chi connectivity index (χ0n) is 30.7. The normalized spacial score (nSPS) is 11.5. The van der Waals surface area contributed by atoms with Crippen LogP contribution in [-0.4, -0.2) is 73.3 Å². The highest BCUT2D eigenvalue weighted by molar-refractivity contribution is 6.28. The fourth-order valence-corrected chi connectivity index (χ4v) is 4.38. The molecule has 0 aliphatic carbocycles. The van der Waals surface area contributed by atoms with Gasteiger partial charge in [-0.3, -0.25) is 24.2 Å². The number of aryl methyl sites for hydroxylation is 2. The van der Waals surface area contributed by atoms with Crippen LogP contribution in [0.25, 0.3) is 11.0 Å². The Morgan fingerprint density at radius 1 is 0.812 bits per heavy atom. The molecule has 4 aromatic heterocycles. The maximum Gasteiger partial charge on any atom is 0.358 e. The molecule has 48 heavy (non-hydrogen) atoms. The zero-order valence-corrected chi connectivity index (χ0v) is 31.4. The fourth-order valence-electron chi connectivity index (χ4n) is 4.21. The van der Waals surface area contributed by atoms with Gasteiger partial charge >= 0.3 is 11.9 Å². The summed E-state index contributed by atoms with van der Waals surface area (Å²) in [5, 5.41) is 15.7. The van der Waals surface area contributed by atoms with E-state index in [1.807, 2.05) is 40.7 Å². The number of rotatable bonds is 6. The molecule has 2 N–H and O–H groups in total. The number of ether oxygens (including phenoxy) is 2. The number of carbonyl (C=O) groups is 2. The van der Waals surface area contributed by atoms with Gasteiger partial charge in [-0.05, 0) is 51.4 Å². The Kier molecular flexibility index (Phi) is 14.9. The molecule has 4 rings (SSSR count). The number of carbonyl (C=O) groups excluding carboxylic acids is 2. The summed E-state index contributed by atoms with van der Waals surface area (Å²) in [7, 11) is 0. The number of nitrogens with one attached hydrogen (secondary N) is 2. The van der Waals surface area contributed by atoms with Gasteiger partial charge in [0.1, 0.15) is 11.2 Å². The molecule has 0 saturated heterocycles. The molecular formula is C33H51BClN8O5. The third kappa shape index (κ3) is 10.8. The van der Waals surface area contributed by atoms with Crippen molar-refractivity contribution in [3.05, 3.63) is 56.2 Å². The van der Waals surface area contributed by atoms with Crippen molar-refractivity contribution in [3.63, 3.8) is 0 Å². The molecule has 0 aliphatic rings. The van der Waals surface area contributed by atoms with E-state index in [9.17, 15) is 14.4 Å². The van der Waals surface area contributed by atoms with Crippen molar-refractivity contribution in [2.45, 2.75) is 119 Å². The lowest BCUT2D eigenvalue weighted by atomic mass is 9.91. The lowest BCUT2D eigenvalue weighted by Gasteiger charge is -2.14. The molecule has 0 fully saturated rings. The summed E-state index contributed by atoms with van der Waals surface area (Å²) in [5.74, 6) is -0.674. The van der Waals surface area contributed by atoms with Crippen LogP contribution in [0.5, 0.6) is 0 Å². The van der Waals surface area contributed by atoms with E-state index in [1.54, 1.807) is 29.3 Å².